The number of rotatable bonds is 7. The molecule has 0 spiro atoms. The topological polar surface area (TPSA) is 97.6 Å². The summed E-state index contributed by atoms with van der Waals surface area (Å²) in [6, 6.07) is 10.4. The molecule has 2 amide bonds. The molecule has 2 heterocycles. The largest absolute Gasteiger partial charge is 0.461 e. The van der Waals surface area contributed by atoms with Gasteiger partial charge in [0, 0.05) is 5.56 Å². The molecule has 7 nitrogen and oxygen atoms in total. The fourth-order valence-corrected chi connectivity index (χ4v) is 3.65. The molecule has 1 saturated heterocycles. The Kier molecular flexibility index (Phi) is 6.65. The maximum atomic E-state index is 13.1. The number of carbonyl (C=O) groups excluding carboxylic acids is 3. The molecular weight excluding hydrogens is 396 g/mol. The van der Waals surface area contributed by atoms with Crippen LogP contribution in [-0.2, 0) is 14.3 Å². The van der Waals surface area contributed by atoms with Crippen molar-refractivity contribution in [1.29, 1.82) is 0 Å². The molecule has 0 saturated carbocycles. The normalized spacial score (nSPS) is 21.9. The number of Topliss-reactive ketones (excluding diaryl/α,β-unsaturated/α-hetero) is 1. The Labute approximate surface area is 182 Å². The predicted octanol–water partition coefficient (Wildman–Crippen LogP) is 3.26. The lowest BCUT2D eigenvalue weighted by Crippen LogP contribution is -2.60. The number of benzene rings is 1. The molecule has 1 fully saturated rings. The van der Waals surface area contributed by atoms with Crippen LogP contribution in [0.25, 0.3) is 11.3 Å². The van der Waals surface area contributed by atoms with Crippen LogP contribution in [0.2, 0.25) is 0 Å². The van der Waals surface area contributed by atoms with Crippen molar-refractivity contribution >= 4 is 17.6 Å². The highest BCUT2D eigenvalue weighted by molar-refractivity contribution is 6.01. The molecular formula is C24H30N2O5. The molecule has 166 valence electrons. The van der Waals surface area contributed by atoms with E-state index in [1.165, 1.54) is 0 Å². The van der Waals surface area contributed by atoms with E-state index in [0.717, 1.165) is 5.56 Å². The Morgan fingerprint density at radius 3 is 2.48 bits per heavy atom. The second-order valence-corrected chi connectivity index (χ2v) is 8.67. The lowest BCUT2D eigenvalue weighted by molar-refractivity contribution is -0.130. The minimum atomic E-state index is -1.11. The number of hydrogen-bond donors (Lipinski definition) is 2. The van der Waals surface area contributed by atoms with Gasteiger partial charge in [0.1, 0.15) is 29.7 Å². The molecule has 0 aliphatic carbocycles. The lowest BCUT2D eigenvalue weighted by atomic mass is 9.92. The quantitative estimate of drug-likeness (QED) is 0.708. The number of amides is 2. The Balaban J connectivity index is 1.78. The Hall–Kier alpha value is -2.93. The number of ketones is 1. The van der Waals surface area contributed by atoms with Gasteiger partial charge in [-0.25, -0.2) is 0 Å². The molecule has 2 aromatic rings. The molecule has 0 bridgehead atoms. The zero-order chi connectivity index (χ0) is 22.8. The van der Waals surface area contributed by atoms with Crippen LogP contribution in [0.3, 0.4) is 0 Å². The first-order valence-electron chi connectivity index (χ1n) is 10.6. The van der Waals surface area contributed by atoms with Crippen LogP contribution in [0.1, 0.15) is 50.2 Å². The lowest BCUT2D eigenvalue weighted by Gasteiger charge is -2.30. The van der Waals surface area contributed by atoms with Gasteiger partial charge in [-0.15, -0.1) is 0 Å². The van der Waals surface area contributed by atoms with Gasteiger partial charge in [0.2, 0.25) is 5.91 Å². The number of carbonyl (C=O) groups is 3. The predicted molar refractivity (Wildman–Crippen MR) is 117 cm³/mol. The fraction of sp³-hybridized carbons (Fsp3) is 0.458. The van der Waals surface area contributed by atoms with Gasteiger partial charge in [0.05, 0.1) is 11.7 Å². The molecule has 1 aliphatic heterocycles. The fourth-order valence-electron chi connectivity index (χ4n) is 3.65. The van der Waals surface area contributed by atoms with Crippen LogP contribution >= 0.6 is 0 Å². The molecule has 31 heavy (non-hydrogen) atoms. The zero-order valence-electron chi connectivity index (χ0n) is 18.7. The van der Waals surface area contributed by atoms with Crippen LogP contribution in [0, 0.1) is 12.8 Å². The molecule has 7 heteroatoms. The van der Waals surface area contributed by atoms with Gasteiger partial charge in [0.15, 0.2) is 5.78 Å². The van der Waals surface area contributed by atoms with E-state index < -0.39 is 29.5 Å². The van der Waals surface area contributed by atoms with Gasteiger partial charge < -0.3 is 19.8 Å². The third-order valence-electron chi connectivity index (χ3n) is 5.79. The summed E-state index contributed by atoms with van der Waals surface area (Å²) in [5.74, 6) is 0.238. The first-order valence-corrected chi connectivity index (χ1v) is 10.6. The second kappa shape index (κ2) is 9.06. The van der Waals surface area contributed by atoms with E-state index in [2.05, 4.69) is 10.6 Å². The summed E-state index contributed by atoms with van der Waals surface area (Å²) in [4.78, 5) is 38.3. The smallest absolute Gasteiger partial charge is 0.255 e. The Bertz CT molecular complexity index is 966. The number of ether oxygens (including phenoxy) is 1. The summed E-state index contributed by atoms with van der Waals surface area (Å²) in [6.45, 7) is 9.03. The van der Waals surface area contributed by atoms with E-state index in [9.17, 15) is 14.4 Å². The Morgan fingerprint density at radius 1 is 1.23 bits per heavy atom. The number of nitrogens with one attached hydrogen (secondary N) is 2. The highest BCUT2D eigenvalue weighted by atomic mass is 16.5. The average Bonchev–Trinajstić information content (AvgIpc) is 3.23. The van der Waals surface area contributed by atoms with Crippen LogP contribution in [0.5, 0.6) is 0 Å². The van der Waals surface area contributed by atoms with E-state index in [1.54, 1.807) is 26.8 Å². The van der Waals surface area contributed by atoms with Crippen molar-refractivity contribution in [2.24, 2.45) is 5.92 Å². The van der Waals surface area contributed by atoms with Crippen molar-refractivity contribution in [3.63, 3.8) is 0 Å². The third-order valence-corrected chi connectivity index (χ3v) is 5.79. The van der Waals surface area contributed by atoms with Crippen molar-refractivity contribution in [3.8, 4) is 11.3 Å². The maximum absolute atomic E-state index is 13.1. The van der Waals surface area contributed by atoms with Crippen molar-refractivity contribution in [1.82, 2.24) is 10.6 Å². The number of aryl methyl sites for hydroxylation is 1. The highest BCUT2D eigenvalue weighted by Crippen LogP contribution is 2.26. The first-order chi connectivity index (χ1) is 14.6. The first kappa shape index (κ1) is 22.7. The van der Waals surface area contributed by atoms with E-state index >= 15 is 0 Å². The van der Waals surface area contributed by atoms with Crippen LogP contribution in [-0.4, -0.2) is 41.9 Å². The van der Waals surface area contributed by atoms with E-state index in [1.807, 2.05) is 44.2 Å². The molecule has 3 rings (SSSR count). The molecule has 3 unspecified atom stereocenters. The van der Waals surface area contributed by atoms with E-state index in [-0.39, 0.29) is 18.3 Å². The minimum absolute atomic E-state index is 0.0321. The van der Waals surface area contributed by atoms with Crippen LogP contribution in [0.15, 0.2) is 40.8 Å². The van der Waals surface area contributed by atoms with Gasteiger partial charge in [-0.1, -0.05) is 44.2 Å². The highest BCUT2D eigenvalue weighted by Gasteiger charge is 2.47. The van der Waals surface area contributed by atoms with E-state index in [0.29, 0.717) is 23.5 Å². The maximum Gasteiger partial charge on any atom is 0.255 e. The number of hydrogen-bond acceptors (Lipinski definition) is 5. The minimum Gasteiger partial charge on any atom is -0.461 e. The van der Waals surface area contributed by atoms with E-state index in [4.69, 9.17) is 9.15 Å². The zero-order valence-corrected chi connectivity index (χ0v) is 18.7. The van der Waals surface area contributed by atoms with Gasteiger partial charge >= 0.3 is 0 Å². The molecule has 1 aromatic heterocycles. The summed E-state index contributed by atoms with van der Waals surface area (Å²) in [5.41, 5.74) is 0.131. The van der Waals surface area contributed by atoms with Gasteiger partial charge in [-0.3, -0.25) is 14.4 Å². The average molecular weight is 427 g/mol. The van der Waals surface area contributed by atoms with Gasteiger partial charge in [-0.2, -0.15) is 0 Å². The molecule has 1 aliphatic rings. The summed E-state index contributed by atoms with van der Waals surface area (Å²) in [7, 11) is 0. The standard InChI is InChI=1S/C24H30N2O5/c1-14(2)11-19(23(29)26-24(5)16(4)30-13-21(24)27)25-22(28)18-12-20(31-15(18)3)17-9-7-6-8-10-17/h6-10,12,14,16,19H,11,13H2,1-5H3,(H,25,28)(H,26,29). The Morgan fingerprint density at radius 2 is 1.90 bits per heavy atom. The van der Waals surface area contributed by atoms with Gasteiger partial charge in [-0.05, 0) is 39.2 Å². The third kappa shape index (κ3) is 4.88. The van der Waals surface area contributed by atoms with Crippen molar-refractivity contribution in [2.45, 2.75) is 58.7 Å². The molecule has 3 atom stereocenters. The number of furan rings is 1. The molecule has 1 aromatic carbocycles. The summed E-state index contributed by atoms with van der Waals surface area (Å²) in [6.07, 6.45) is -0.0108. The van der Waals surface area contributed by atoms with Crippen molar-refractivity contribution in [2.75, 3.05) is 6.61 Å². The molecule has 0 radical (unpaired) electrons. The van der Waals surface area contributed by atoms with Crippen molar-refractivity contribution in [3.05, 3.63) is 47.7 Å². The molecule has 2 N–H and O–H groups in total. The van der Waals surface area contributed by atoms with Gasteiger partial charge in [0.25, 0.3) is 5.91 Å². The summed E-state index contributed by atoms with van der Waals surface area (Å²) < 4.78 is 11.2. The summed E-state index contributed by atoms with van der Waals surface area (Å²) >= 11 is 0. The SMILES string of the molecule is Cc1oc(-c2ccccc2)cc1C(=O)NC(CC(C)C)C(=O)NC1(C)C(=O)COC1C. The van der Waals surface area contributed by atoms with Crippen LogP contribution in [0.4, 0.5) is 0 Å². The summed E-state index contributed by atoms with van der Waals surface area (Å²) in [5, 5.41) is 5.64. The van der Waals surface area contributed by atoms with Crippen LogP contribution < -0.4 is 10.6 Å². The second-order valence-electron chi connectivity index (χ2n) is 8.67. The van der Waals surface area contributed by atoms with Crippen molar-refractivity contribution < 1.29 is 23.5 Å². The monoisotopic (exact) mass is 426 g/mol.